The number of hydrogen-bond donors (Lipinski definition) is 2. The maximum absolute atomic E-state index is 11.1. The molecule has 2 aromatic rings. The van der Waals surface area contributed by atoms with Gasteiger partial charge in [0.05, 0.1) is 4.92 Å². The van der Waals surface area contributed by atoms with E-state index in [1.54, 1.807) is 12.1 Å². The van der Waals surface area contributed by atoms with Crippen LogP contribution < -0.4 is 11.1 Å². The lowest BCUT2D eigenvalue weighted by Crippen LogP contribution is -2.21. The lowest BCUT2D eigenvalue weighted by Gasteiger charge is -2.14. The number of anilines is 1. The summed E-state index contributed by atoms with van der Waals surface area (Å²) < 4.78 is 0. The van der Waals surface area contributed by atoms with Gasteiger partial charge in [-0.05, 0) is 17.7 Å². The summed E-state index contributed by atoms with van der Waals surface area (Å²) in [6, 6.07) is 15.6. The van der Waals surface area contributed by atoms with Crippen LogP contribution >= 0.6 is 0 Å². The quantitative estimate of drug-likeness (QED) is 0.647. The molecule has 0 bridgehead atoms. The number of nitriles is 1. The van der Waals surface area contributed by atoms with Gasteiger partial charge in [-0.15, -0.1) is 0 Å². The largest absolute Gasteiger partial charge is 0.378 e. The third kappa shape index (κ3) is 3.35. The molecule has 21 heavy (non-hydrogen) atoms. The van der Waals surface area contributed by atoms with Crippen molar-refractivity contribution in [2.45, 2.75) is 6.04 Å². The minimum Gasteiger partial charge on any atom is -0.378 e. The van der Waals surface area contributed by atoms with Gasteiger partial charge in [-0.3, -0.25) is 10.1 Å². The number of nitrogens with zero attached hydrogens (tertiary/aromatic N) is 2. The first-order valence-corrected chi connectivity index (χ1v) is 6.35. The monoisotopic (exact) mass is 282 g/mol. The van der Waals surface area contributed by atoms with Crippen molar-refractivity contribution in [3.63, 3.8) is 0 Å². The number of nitrogens with two attached hydrogens (primary N) is 1. The molecule has 1 unspecified atom stereocenters. The van der Waals surface area contributed by atoms with E-state index in [1.807, 2.05) is 36.4 Å². The molecule has 0 heterocycles. The number of nitrogens with one attached hydrogen (secondary N) is 1. The van der Waals surface area contributed by atoms with Crippen LogP contribution in [0, 0.1) is 21.4 Å². The summed E-state index contributed by atoms with van der Waals surface area (Å²) in [5.74, 6) is 0. The molecule has 2 aromatic carbocycles. The molecule has 0 aliphatic carbocycles. The molecule has 6 heteroatoms. The van der Waals surface area contributed by atoms with Crippen molar-refractivity contribution in [3.8, 4) is 6.07 Å². The first-order chi connectivity index (χ1) is 10.1. The summed E-state index contributed by atoms with van der Waals surface area (Å²) in [5, 5.41) is 23.0. The first kappa shape index (κ1) is 14.5. The predicted molar refractivity (Wildman–Crippen MR) is 79.7 cm³/mol. The van der Waals surface area contributed by atoms with E-state index in [2.05, 4.69) is 5.32 Å². The van der Waals surface area contributed by atoms with Crippen LogP contribution in [-0.4, -0.2) is 11.5 Å². The number of benzene rings is 2. The summed E-state index contributed by atoms with van der Waals surface area (Å²) in [7, 11) is 0. The molecule has 0 saturated carbocycles. The van der Waals surface area contributed by atoms with Crippen molar-refractivity contribution in [3.05, 3.63) is 69.8 Å². The highest BCUT2D eigenvalue weighted by Crippen LogP contribution is 2.28. The van der Waals surface area contributed by atoms with Gasteiger partial charge in [0.1, 0.15) is 17.3 Å². The van der Waals surface area contributed by atoms with Crippen LogP contribution in [0.25, 0.3) is 0 Å². The Labute approximate surface area is 122 Å². The lowest BCUT2D eigenvalue weighted by atomic mass is 10.1. The Hall–Kier alpha value is -2.91. The Kier molecular flexibility index (Phi) is 4.49. The number of nitro benzene ring substituents is 1. The van der Waals surface area contributed by atoms with E-state index in [9.17, 15) is 10.1 Å². The van der Waals surface area contributed by atoms with Crippen LogP contribution in [0.2, 0.25) is 0 Å². The molecule has 0 aliphatic rings. The minimum atomic E-state index is -0.561. The SMILES string of the molecule is N#Cc1cccc(NCC(N)c2ccccc2)c1[N+](=O)[O-]. The van der Waals surface area contributed by atoms with Gasteiger partial charge in [-0.25, -0.2) is 0 Å². The van der Waals surface area contributed by atoms with Gasteiger partial charge in [-0.2, -0.15) is 5.26 Å². The summed E-state index contributed by atoms with van der Waals surface area (Å²) in [4.78, 5) is 10.5. The zero-order valence-electron chi connectivity index (χ0n) is 11.2. The number of para-hydroxylation sites is 1. The van der Waals surface area contributed by atoms with Gasteiger partial charge in [0.25, 0.3) is 0 Å². The summed E-state index contributed by atoms with van der Waals surface area (Å²) in [6.45, 7) is 0.333. The Bertz CT molecular complexity index is 680. The fourth-order valence-corrected chi connectivity index (χ4v) is 2.01. The Balaban J connectivity index is 2.18. The van der Waals surface area contributed by atoms with E-state index in [1.165, 1.54) is 6.07 Å². The molecule has 0 amide bonds. The van der Waals surface area contributed by atoms with Gasteiger partial charge in [-0.1, -0.05) is 36.4 Å². The van der Waals surface area contributed by atoms with Crippen molar-refractivity contribution in [1.82, 2.24) is 0 Å². The van der Waals surface area contributed by atoms with Gasteiger partial charge < -0.3 is 11.1 Å². The van der Waals surface area contributed by atoms with Crippen molar-refractivity contribution in [2.24, 2.45) is 5.73 Å². The zero-order valence-corrected chi connectivity index (χ0v) is 11.2. The predicted octanol–water partition coefficient (Wildman–Crippen LogP) is 2.58. The summed E-state index contributed by atoms with van der Waals surface area (Å²) in [6.07, 6.45) is 0. The first-order valence-electron chi connectivity index (χ1n) is 6.35. The fraction of sp³-hybridized carbons (Fsp3) is 0.133. The van der Waals surface area contributed by atoms with E-state index >= 15 is 0 Å². The normalized spacial score (nSPS) is 11.4. The molecule has 3 N–H and O–H groups in total. The van der Waals surface area contributed by atoms with E-state index in [4.69, 9.17) is 11.0 Å². The van der Waals surface area contributed by atoms with E-state index in [0.717, 1.165) is 5.56 Å². The second-order valence-corrected chi connectivity index (χ2v) is 4.47. The standard InChI is InChI=1S/C15H14N4O2/c16-9-12-7-4-8-14(15(12)19(20)21)18-10-13(17)11-5-2-1-3-6-11/h1-8,13,18H,10,17H2. The second-order valence-electron chi connectivity index (χ2n) is 4.47. The topological polar surface area (TPSA) is 105 Å². The summed E-state index contributed by atoms with van der Waals surface area (Å²) >= 11 is 0. The van der Waals surface area contributed by atoms with Crippen LogP contribution in [0.5, 0.6) is 0 Å². The van der Waals surface area contributed by atoms with Gasteiger partial charge in [0.2, 0.25) is 0 Å². The van der Waals surface area contributed by atoms with Crippen molar-refractivity contribution >= 4 is 11.4 Å². The third-order valence-corrected chi connectivity index (χ3v) is 3.08. The molecule has 0 radical (unpaired) electrons. The number of nitro groups is 1. The van der Waals surface area contributed by atoms with Crippen LogP contribution in [-0.2, 0) is 0 Å². The molecule has 0 fully saturated rings. The smallest absolute Gasteiger partial charge is 0.309 e. The molecule has 0 aromatic heterocycles. The molecule has 2 rings (SSSR count). The highest BCUT2D eigenvalue weighted by Gasteiger charge is 2.19. The molecule has 0 saturated heterocycles. The molecule has 0 spiro atoms. The van der Waals surface area contributed by atoms with Crippen LogP contribution in [0.1, 0.15) is 17.2 Å². The maximum Gasteiger partial charge on any atom is 0.309 e. The highest BCUT2D eigenvalue weighted by molar-refractivity contribution is 5.68. The van der Waals surface area contributed by atoms with Crippen molar-refractivity contribution in [1.29, 1.82) is 5.26 Å². The number of hydrogen-bond acceptors (Lipinski definition) is 5. The van der Waals surface area contributed by atoms with Gasteiger partial charge in [0, 0.05) is 12.6 Å². The minimum absolute atomic E-state index is 0.0262. The van der Waals surface area contributed by atoms with Gasteiger partial charge >= 0.3 is 5.69 Å². The Morgan fingerprint density at radius 3 is 2.57 bits per heavy atom. The molecule has 0 aliphatic heterocycles. The van der Waals surface area contributed by atoms with E-state index in [-0.39, 0.29) is 17.3 Å². The second kappa shape index (κ2) is 6.50. The Morgan fingerprint density at radius 1 is 1.24 bits per heavy atom. The van der Waals surface area contributed by atoms with Crippen LogP contribution in [0.4, 0.5) is 11.4 Å². The van der Waals surface area contributed by atoms with Crippen LogP contribution in [0.15, 0.2) is 48.5 Å². The number of rotatable bonds is 5. The van der Waals surface area contributed by atoms with Crippen LogP contribution in [0.3, 0.4) is 0 Å². The highest BCUT2D eigenvalue weighted by atomic mass is 16.6. The lowest BCUT2D eigenvalue weighted by molar-refractivity contribution is -0.384. The molecule has 106 valence electrons. The zero-order chi connectivity index (χ0) is 15.2. The maximum atomic E-state index is 11.1. The van der Waals surface area contributed by atoms with E-state index < -0.39 is 4.92 Å². The molecule has 6 nitrogen and oxygen atoms in total. The van der Waals surface area contributed by atoms with Crippen molar-refractivity contribution < 1.29 is 4.92 Å². The average molecular weight is 282 g/mol. The van der Waals surface area contributed by atoms with Gasteiger partial charge in [0.15, 0.2) is 0 Å². The van der Waals surface area contributed by atoms with E-state index in [0.29, 0.717) is 12.2 Å². The summed E-state index contributed by atoms with van der Waals surface area (Å²) in [5.41, 5.74) is 7.08. The average Bonchev–Trinajstić information content (AvgIpc) is 2.52. The van der Waals surface area contributed by atoms with Crippen molar-refractivity contribution in [2.75, 3.05) is 11.9 Å². The fourth-order valence-electron chi connectivity index (χ4n) is 2.01. The molecule has 1 atom stereocenters. The third-order valence-electron chi connectivity index (χ3n) is 3.08. The molecular weight excluding hydrogens is 268 g/mol. The molecular formula is C15H14N4O2. The Morgan fingerprint density at radius 2 is 1.95 bits per heavy atom.